The molecule has 0 amide bonds. The summed E-state index contributed by atoms with van der Waals surface area (Å²) in [6, 6.07) is 4.22. The fraction of sp³-hybridized carbons (Fsp3) is 0.615. The molecule has 0 saturated carbocycles. The van der Waals surface area contributed by atoms with Crippen LogP contribution in [0.5, 0.6) is 5.75 Å². The zero-order valence-corrected chi connectivity index (χ0v) is 12.2. The number of alkyl halides is 1. The number of halogens is 1. The van der Waals surface area contributed by atoms with E-state index in [1.165, 1.54) is 0 Å². The van der Waals surface area contributed by atoms with Gasteiger partial charge in [0.15, 0.2) is 11.6 Å². The van der Waals surface area contributed by atoms with Crippen molar-refractivity contribution >= 4 is 21.7 Å². The molecule has 4 nitrogen and oxygen atoms in total. The molecule has 18 heavy (non-hydrogen) atoms. The minimum atomic E-state index is 0.317. The first-order chi connectivity index (χ1) is 8.86. The Bertz CT molecular complexity index is 376. The van der Waals surface area contributed by atoms with Crippen LogP contribution in [0.4, 0.5) is 5.82 Å². The number of pyridine rings is 1. The van der Waals surface area contributed by atoms with Gasteiger partial charge in [0.1, 0.15) is 0 Å². The zero-order chi connectivity index (χ0) is 12.8. The summed E-state index contributed by atoms with van der Waals surface area (Å²) in [5.74, 6) is 1.80. The normalized spacial score (nSPS) is 19.9. The lowest BCUT2D eigenvalue weighted by Crippen LogP contribution is -2.47. The Morgan fingerprint density at radius 2 is 2.50 bits per heavy atom. The van der Waals surface area contributed by atoms with Gasteiger partial charge in [-0.25, -0.2) is 4.98 Å². The summed E-state index contributed by atoms with van der Waals surface area (Å²) in [4.78, 5) is 6.75. The number of hydrogen-bond donors (Lipinski definition) is 0. The molecule has 2 heterocycles. The molecule has 1 unspecified atom stereocenters. The van der Waals surface area contributed by atoms with Crippen molar-refractivity contribution in [3.63, 3.8) is 0 Å². The summed E-state index contributed by atoms with van der Waals surface area (Å²) in [6.45, 7) is 5.16. The minimum absolute atomic E-state index is 0.317. The van der Waals surface area contributed by atoms with E-state index in [4.69, 9.17) is 9.47 Å². The third-order valence-electron chi connectivity index (χ3n) is 2.89. The highest BCUT2D eigenvalue weighted by Gasteiger charge is 2.25. The molecule has 1 fully saturated rings. The maximum absolute atomic E-state index is 5.77. The number of hydrogen-bond acceptors (Lipinski definition) is 4. The molecule has 0 spiro atoms. The molecule has 5 heteroatoms. The molecule has 0 bridgehead atoms. The second-order valence-corrected chi connectivity index (χ2v) is 4.90. The molecule has 1 aromatic heterocycles. The van der Waals surface area contributed by atoms with E-state index >= 15 is 0 Å². The predicted molar refractivity (Wildman–Crippen MR) is 75.8 cm³/mol. The second kappa shape index (κ2) is 6.95. The smallest absolute Gasteiger partial charge is 0.171 e. The largest absolute Gasteiger partial charge is 0.490 e. The Labute approximate surface area is 116 Å². The molecule has 1 atom stereocenters. The van der Waals surface area contributed by atoms with Crippen LogP contribution in [0.3, 0.4) is 0 Å². The van der Waals surface area contributed by atoms with Gasteiger partial charge in [-0.1, -0.05) is 22.9 Å². The Morgan fingerprint density at radius 1 is 1.61 bits per heavy atom. The van der Waals surface area contributed by atoms with E-state index in [0.29, 0.717) is 6.04 Å². The molecule has 1 aliphatic rings. The van der Waals surface area contributed by atoms with Gasteiger partial charge in [0.2, 0.25) is 0 Å². The van der Waals surface area contributed by atoms with Crippen LogP contribution in [0.2, 0.25) is 0 Å². The van der Waals surface area contributed by atoms with Gasteiger partial charge in [0.25, 0.3) is 0 Å². The first kappa shape index (κ1) is 13.6. The number of nitrogens with zero attached hydrogens (tertiary/aromatic N) is 2. The van der Waals surface area contributed by atoms with Crippen LogP contribution in [0, 0.1) is 0 Å². The fourth-order valence-electron chi connectivity index (χ4n) is 1.98. The summed E-state index contributed by atoms with van der Waals surface area (Å²) >= 11 is 3.54. The van der Waals surface area contributed by atoms with Crippen molar-refractivity contribution in [1.29, 1.82) is 0 Å². The third kappa shape index (κ3) is 3.14. The number of ether oxygens (including phenoxy) is 2. The molecule has 1 aromatic rings. The topological polar surface area (TPSA) is 34.6 Å². The molecule has 0 radical (unpaired) electrons. The maximum atomic E-state index is 5.77. The molecular weight excluding hydrogens is 296 g/mol. The van der Waals surface area contributed by atoms with Gasteiger partial charge >= 0.3 is 0 Å². The first-order valence-corrected chi connectivity index (χ1v) is 7.47. The summed E-state index contributed by atoms with van der Waals surface area (Å²) in [6.07, 6.45) is 2.81. The second-order valence-electron chi connectivity index (χ2n) is 4.25. The van der Waals surface area contributed by atoms with Crippen molar-refractivity contribution in [1.82, 2.24) is 4.98 Å². The van der Waals surface area contributed by atoms with Gasteiger partial charge in [0, 0.05) is 18.1 Å². The lowest BCUT2D eigenvalue weighted by Gasteiger charge is -2.36. The van der Waals surface area contributed by atoms with Crippen LogP contribution < -0.4 is 9.64 Å². The standard InChI is InChI=1S/C13H19BrN2O2/c1-2-7-18-12-4-3-5-15-13(12)16-6-8-17-10-11(16)9-14/h3-5,11H,2,6-10H2,1H3. The zero-order valence-electron chi connectivity index (χ0n) is 10.6. The van der Waals surface area contributed by atoms with Gasteiger partial charge in [0.05, 0.1) is 25.9 Å². The average Bonchev–Trinajstić information content (AvgIpc) is 2.45. The van der Waals surface area contributed by atoms with Crippen molar-refractivity contribution in [2.45, 2.75) is 19.4 Å². The molecule has 1 aliphatic heterocycles. The predicted octanol–water partition coefficient (Wildman–Crippen LogP) is 2.47. The third-order valence-corrected chi connectivity index (χ3v) is 3.64. The summed E-state index contributed by atoms with van der Waals surface area (Å²) in [5, 5.41) is 0.872. The Morgan fingerprint density at radius 3 is 3.28 bits per heavy atom. The molecule has 1 saturated heterocycles. The van der Waals surface area contributed by atoms with Crippen LogP contribution in [-0.2, 0) is 4.74 Å². The van der Waals surface area contributed by atoms with Crippen molar-refractivity contribution in [2.24, 2.45) is 0 Å². The molecule has 0 aliphatic carbocycles. The highest BCUT2D eigenvalue weighted by atomic mass is 79.9. The highest BCUT2D eigenvalue weighted by Crippen LogP contribution is 2.28. The quantitative estimate of drug-likeness (QED) is 0.782. The Hall–Kier alpha value is -0.810. The summed E-state index contributed by atoms with van der Waals surface area (Å²) in [7, 11) is 0. The van der Waals surface area contributed by atoms with Crippen molar-refractivity contribution < 1.29 is 9.47 Å². The summed E-state index contributed by atoms with van der Waals surface area (Å²) < 4.78 is 11.3. The maximum Gasteiger partial charge on any atom is 0.171 e. The van der Waals surface area contributed by atoms with E-state index in [2.05, 4.69) is 32.7 Å². The van der Waals surface area contributed by atoms with Crippen LogP contribution in [0.25, 0.3) is 0 Å². The first-order valence-electron chi connectivity index (χ1n) is 6.35. The lowest BCUT2D eigenvalue weighted by molar-refractivity contribution is 0.0996. The van der Waals surface area contributed by atoms with E-state index in [1.54, 1.807) is 0 Å². The SMILES string of the molecule is CCCOc1cccnc1N1CCOCC1CBr. The number of rotatable bonds is 5. The molecule has 100 valence electrons. The van der Waals surface area contributed by atoms with Gasteiger partial charge < -0.3 is 14.4 Å². The van der Waals surface area contributed by atoms with Crippen molar-refractivity contribution in [3.05, 3.63) is 18.3 Å². The summed E-state index contributed by atoms with van der Waals surface area (Å²) in [5.41, 5.74) is 0. The van der Waals surface area contributed by atoms with Gasteiger partial charge in [-0.15, -0.1) is 0 Å². The van der Waals surface area contributed by atoms with Gasteiger partial charge in [-0.2, -0.15) is 0 Å². The molecule has 0 aromatic carbocycles. The van der Waals surface area contributed by atoms with Crippen LogP contribution in [-0.4, -0.2) is 42.7 Å². The van der Waals surface area contributed by atoms with E-state index < -0.39 is 0 Å². The number of anilines is 1. The Kier molecular flexibility index (Phi) is 5.26. The Balaban J connectivity index is 2.19. The molecular formula is C13H19BrN2O2. The average molecular weight is 315 g/mol. The monoisotopic (exact) mass is 314 g/mol. The van der Waals surface area contributed by atoms with Gasteiger partial charge in [-0.3, -0.25) is 0 Å². The molecule has 2 rings (SSSR count). The van der Waals surface area contributed by atoms with Crippen LogP contribution >= 0.6 is 15.9 Å². The van der Waals surface area contributed by atoms with E-state index in [-0.39, 0.29) is 0 Å². The number of aromatic nitrogens is 1. The van der Waals surface area contributed by atoms with E-state index in [9.17, 15) is 0 Å². The van der Waals surface area contributed by atoms with Crippen molar-refractivity contribution in [3.8, 4) is 5.75 Å². The van der Waals surface area contributed by atoms with Crippen LogP contribution in [0.1, 0.15) is 13.3 Å². The lowest BCUT2D eigenvalue weighted by atomic mass is 10.2. The van der Waals surface area contributed by atoms with Gasteiger partial charge in [-0.05, 0) is 18.6 Å². The molecule has 0 N–H and O–H groups in total. The van der Waals surface area contributed by atoms with Crippen molar-refractivity contribution in [2.75, 3.05) is 36.6 Å². The fourth-order valence-corrected chi connectivity index (χ4v) is 2.52. The number of morpholine rings is 1. The minimum Gasteiger partial charge on any atom is -0.490 e. The van der Waals surface area contributed by atoms with E-state index in [1.807, 2.05) is 18.3 Å². The van der Waals surface area contributed by atoms with E-state index in [0.717, 1.165) is 49.7 Å². The highest BCUT2D eigenvalue weighted by molar-refractivity contribution is 9.09. The van der Waals surface area contributed by atoms with Crippen LogP contribution in [0.15, 0.2) is 18.3 Å².